The van der Waals surface area contributed by atoms with Crippen LogP contribution in [0.15, 0.2) is 17.8 Å². The molecule has 4 heterocycles. The molecule has 2 atom stereocenters. The minimum Gasteiger partial charge on any atom is -0.383 e. The van der Waals surface area contributed by atoms with Crippen molar-refractivity contribution in [3.63, 3.8) is 0 Å². The highest BCUT2D eigenvalue weighted by atomic mass is 32.1. The fourth-order valence-electron chi connectivity index (χ4n) is 3.55. The Morgan fingerprint density at radius 2 is 2.38 bits per heavy atom. The second-order valence-electron chi connectivity index (χ2n) is 6.24. The lowest BCUT2D eigenvalue weighted by molar-refractivity contribution is 0.0646. The normalized spacial score (nSPS) is 22.4. The van der Waals surface area contributed by atoms with Crippen LogP contribution in [0.4, 0.5) is 4.79 Å². The number of carbonyl (C=O) groups is 2. The predicted molar refractivity (Wildman–Crippen MR) is 92.2 cm³/mol. The summed E-state index contributed by atoms with van der Waals surface area (Å²) in [6.07, 6.45) is 2.21. The average Bonchev–Trinajstić information content (AvgIpc) is 3.37. The van der Waals surface area contributed by atoms with Crippen LogP contribution in [-0.4, -0.2) is 87.4 Å². The maximum absolute atomic E-state index is 13.0. The summed E-state index contributed by atoms with van der Waals surface area (Å²) in [5, 5.41) is 16.0. The molecule has 1 N–H and O–H groups in total. The van der Waals surface area contributed by atoms with Crippen molar-refractivity contribution in [2.45, 2.75) is 18.5 Å². The molecule has 26 heavy (non-hydrogen) atoms. The lowest BCUT2D eigenvalue weighted by Gasteiger charge is -2.36. The van der Waals surface area contributed by atoms with Gasteiger partial charge in [-0.25, -0.2) is 4.79 Å². The lowest BCUT2D eigenvalue weighted by atomic mass is 9.99. The number of likely N-dealkylation sites (tertiary alicyclic amines) is 1. The van der Waals surface area contributed by atoms with Gasteiger partial charge in [-0.15, -0.1) is 16.4 Å². The molecule has 4 rings (SSSR count). The highest BCUT2D eigenvalue weighted by Gasteiger charge is 2.43. The van der Waals surface area contributed by atoms with Gasteiger partial charge in [0, 0.05) is 26.7 Å². The number of hydrogen-bond acceptors (Lipinski definition) is 7. The molecule has 2 aromatic heterocycles. The topological polar surface area (TPSA) is 105 Å². The van der Waals surface area contributed by atoms with Gasteiger partial charge < -0.3 is 19.9 Å². The van der Waals surface area contributed by atoms with Crippen molar-refractivity contribution in [2.75, 3.05) is 33.4 Å². The highest BCUT2D eigenvalue weighted by molar-refractivity contribution is 7.12. The van der Waals surface area contributed by atoms with Crippen LogP contribution < -0.4 is 5.32 Å². The predicted octanol–water partition coefficient (Wildman–Crippen LogP) is -0.0215. The van der Waals surface area contributed by atoms with Crippen molar-refractivity contribution >= 4 is 23.3 Å². The number of rotatable bonds is 5. The summed E-state index contributed by atoms with van der Waals surface area (Å²) in [7, 11) is 1.62. The van der Waals surface area contributed by atoms with Gasteiger partial charge in [0.25, 0.3) is 5.91 Å². The van der Waals surface area contributed by atoms with Crippen molar-refractivity contribution in [3.05, 3.63) is 22.7 Å². The van der Waals surface area contributed by atoms with E-state index in [9.17, 15) is 9.59 Å². The van der Waals surface area contributed by atoms with E-state index in [1.54, 1.807) is 12.0 Å². The second-order valence-corrected chi connectivity index (χ2v) is 7.15. The zero-order valence-electron chi connectivity index (χ0n) is 14.2. The number of aromatic nitrogens is 4. The molecule has 0 unspecified atom stereocenters. The van der Waals surface area contributed by atoms with Gasteiger partial charge in [0.15, 0.2) is 0 Å². The van der Waals surface area contributed by atoms with E-state index in [2.05, 4.69) is 20.8 Å². The number of nitrogens with zero attached hydrogens (tertiary/aromatic N) is 6. The molecule has 2 aliphatic rings. The standard InChI is InChI=1S/C15H19N7O3S/c1-25-6-5-21-11-2-4-20(8-10(11)17-15(21)24)14(23)13-12(3-7-26-13)22-9-16-18-19-22/h3,7,9-11H,2,4-6,8H2,1H3,(H,17,24)/t10-,11+/m1/s1. The fraction of sp³-hybridized carbons (Fsp3) is 0.533. The molecule has 0 spiro atoms. The molecule has 0 aliphatic carbocycles. The Balaban J connectivity index is 1.48. The smallest absolute Gasteiger partial charge is 0.318 e. The van der Waals surface area contributed by atoms with E-state index in [0.29, 0.717) is 36.8 Å². The Morgan fingerprint density at radius 1 is 1.50 bits per heavy atom. The maximum atomic E-state index is 13.0. The quantitative estimate of drug-likeness (QED) is 0.785. The molecule has 2 aromatic rings. The summed E-state index contributed by atoms with van der Waals surface area (Å²) in [6, 6.07) is 1.78. The Bertz CT molecular complexity index is 793. The van der Waals surface area contributed by atoms with E-state index in [1.807, 2.05) is 16.3 Å². The largest absolute Gasteiger partial charge is 0.383 e. The van der Waals surface area contributed by atoms with Gasteiger partial charge in [0.1, 0.15) is 11.2 Å². The third-order valence-corrected chi connectivity index (χ3v) is 5.70. The number of urea groups is 1. The van der Waals surface area contributed by atoms with E-state index >= 15 is 0 Å². The Morgan fingerprint density at radius 3 is 3.15 bits per heavy atom. The third-order valence-electron chi connectivity index (χ3n) is 4.80. The SMILES string of the molecule is COCCN1C(=O)N[C@@H]2CN(C(=O)c3sccc3-n3cnnn3)CC[C@@H]21. The summed E-state index contributed by atoms with van der Waals surface area (Å²) in [4.78, 5) is 29.4. The minimum absolute atomic E-state index is 0.0615. The number of carbonyl (C=O) groups excluding carboxylic acids is 2. The fourth-order valence-corrected chi connectivity index (χ4v) is 4.39. The molecule has 0 bridgehead atoms. The molecule has 0 radical (unpaired) electrons. The van der Waals surface area contributed by atoms with Crippen LogP contribution in [0.3, 0.4) is 0 Å². The van der Waals surface area contributed by atoms with E-state index in [1.165, 1.54) is 22.3 Å². The van der Waals surface area contributed by atoms with Gasteiger partial charge in [0.2, 0.25) is 0 Å². The first kappa shape index (κ1) is 16.9. The number of tetrazole rings is 1. The Hall–Kier alpha value is -2.53. The van der Waals surface area contributed by atoms with Crippen LogP contribution in [0.25, 0.3) is 5.69 Å². The molecule has 2 saturated heterocycles. The van der Waals surface area contributed by atoms with E-state index < -0.39 is 0 Å². The molecular formula is C15H19N7O3S. The van der Waals surface area contributed by atoms with Crippen LogP contribution in [0.5, 0.6) is 0 Å². The molecule has 10 nitrogen and oxygen atoms in total. The van der Waals surface area contributed by atoms with Crippen LogP contribution in [0.2, 0.25) is 0 Å². The highest BCUT2D eigenvalue weighted by Crippen LogP contribution is 2.27. The second kappa shape index (κ2) is 7.00. The maximum Gasteiger partial charge on any atom is 0.318 e. The van der Waals surface area contributed by atoms with Crippen LogP contribution in [-0.2, 0) is 4.74 Å². The summed E-state index contributed by atoms with van der Waals surface area (Å²) >= 11 is 1.37. The number of fused-ring (bicyclic) bond motifs is 1. The summed E-state index contributed by atoms with van der Waals surface area (Å²) in [5.41, 5.74) is 0.671. The lowest BCUT2D eigenvalue weighted by Crippen LogP contribution is -2.53. The number of ether oxygens (including phenoxy) is 1. The number of piperidine rings is 1. The van der Waals surface area contributed by atoms with Gasteiger partial charge >= 0.3 is 6.03 Å². The molecule has 0 saturated carbocycles. The molecule has 138 valence electrons. The number of amides is 3. The zero-order chi connectivity index (χ0) is 18.1. The first-order valence-electron chi connectivity index (χ1n) is 8.35. The minimum atomic E-state index is -0.0862. The third kappa shape index (κ3) is 2.92. The number of nitrogens with one attached hydrogen (secondary N) is 1. The molecular weight excluding hydrogens is 358 g/mol. The van der Waals surface area contributed by atoms with E-state index in [-0.39, 0.29) is 24.0 Å². The molecule has 0 aromatic carbocycles. The van der Waals surface area contributed by atoms with Crippen LogP contribution >= 0.6 is 11.3 Å². The first-order chi connectivity index (χ1) is 12.7. The first-order valence-corrected chi connectivity index (χ1v) is 9.23. The van der Waals surface area contributed by atoms with Gasteiger partial charge in [-0.2, -0.15) is 4.68 Å². The summed E-state index contributed by atoms with van der Waals surface area (Å²) < 4.78 is 6.57. The summed E-state index contributed by atoms with van der Waals surface area (Å²) in [5.74, 6) is -0.0615. The molecule has 2 fully saturated rings. The van der Waals surface area contributed by atoms with E-state index in [4.69, 9.17) is 4.74 Å². The zero-order valence-corrected chi connectivity index (χ0v) is 15.1. The van der Waals surface area contributed by atoms with Gasteiger partial charge in [-0.3, -0.25) is 4.79 Å². The van der Waals surface area contributed by atoms with Crippen molar-refractivity contribution in [1.29, 1.82) is 0 Å². The van der Waals surface area contributed by atoms with Crippen molar-refractivity contribution in [2.24, 2.45) is 0 Å². The van der Waals surface area contributed by atoms with Crippen molar-refractivity contribution < 1.29 is 14.3 Å². The Kier molecular flexibility index (Phi) is 4.55. The Labute approximate surface area is 153 Å². The number of hydrogen-bond donors (Lipinski definition) is 1. The molecule has 2 aliphatic heterocycles. The van der Waals surface area contributed by atoms with Gasteiger partial charge in [0.05, 0.1) is 24.4 Å². The van der Waals surface area contributed by atoms with Crippen molar-refractivity contribution in [1.82, 2.24) is 35.3 Å². The van der Waals surface area contributed by atoms with Gasteiger partial charge in [-0.1, -0.05) is 0 Å². The van der Waals surface area contributed by atoms with Gasteiger partial charge in [-0.05, 0) is 28.3 Å². The molecule has 11 heteroatoms. The van der Waals surface area contributed by atoms with E-state index in [0.717, 1.165) is 6.42 Å². The van der Waals surface area contributed by atoms with Crippen LogP contribution in [0.1, 0.15) is 16.1 Å². The van der Waals surface area contributed by atoms with Crippen molar-refractivity contribution in [3.8, 4) is 5.69 Å². The van der Waals surface area contributed by atoms with Crippen LogP contribution in [0, 0.1) is 0 Å². The summed E-state index contributed by atoms with van der Waals surface area (Å²) in [6.45, 7) is 2.16. The monoisotopic (exact) mass is 377 g/mol. The number of methoxy groups -OCH3 is 1. The average molecular weight is 377 g/mol. The number of thiophene rings is 1. The molecule has 3 amide bonds.